The first-order valence-electron chi connectivity index (χ1n) is 7.11. The molecule has 4 nitrogen and oxygen atoms in total. The second-order valence-electron chi connectivity index (χ2n) is 4.81. The lowest BCUT2D eigenvalue weighted by Crippen LogP contribution is -2.12. The Morgan fingerprint density at radius 2 is 2.00 bits per heavy atom. The molecule has 1 aromatic heterocycles. The summed E-state index contributed by atoms with van der Waals surface area (Å²) in [6.45, 7) is 6.32. The summed E-state index contributed by atoms with van der Waals surface area (Å²) < 4.78 is 10.8. The van der Waals surface area contributed by atoms with Crippen molar-refractivity contribution in [3.63, 3.8) is 0 Å². The first-order valence-corrected chi connectivity index (χ1v) is 7.11. The molecule has 108 valence electrons. The van der Waals surface area contributed by atoms with Crippen LogP contribution in [0.3, 0.4) is 0 Å². The maximum absolute atomic E-state index is 5.64. The highest BCUT2D eigenvalue weighted by molar-refractivity contribution is 5.27. The zero-order chi connectivity index (χ0) is 14.2. The minimum atomic E-state index is 0.704. The van der Waals surface area contributed by atoms with Crippen molar-refractivity contribution in [3.05, 3.63) is 47.7 Å². The van der Waals surface area contributed by atoms with Crippen LogP contribution >= 0.6 is 0 Å². The van der Waals surface area contributed by atoms with E-state index in [-0.39, 0.29) is 0 Å². The summed E-state index contributed by atoms with van der Waals surface area (Å²) in [5.41, 5.74) is 2.16. The van der Waals surface area contributed by atoms with E-state index < -0.39 is 0 Å². The summed E-state index contributed by atoms with van der Waals surface area (Å²) in [5.74, 6) is 1.64. The lowest BCUT2D eigenvalue weighted by molar-refractivity contribution is 0.309. The normalized spacial score (nSPS) is 10.7. The lowest BCUT2D eigenvalue weighted by Gasteiger charge is -2.07. The zero-order valence-corrected chi connectivity index (χ0v) is 12.2. The van der Waals surface area contributed by atoms with E-state index in [0.29, 0.717) is 12.4 Å². The molecule has 0 bridgehead atoms. The second-order valence-corrected chi connectivity index (χ2v) is 4.81. The zero-order valence-electron chi connectivity index (χ0n) is 12.2. The fourth-order valence-corrected chi connectivity index (χ4v) is 1.86. The van der Waals surface area contributed by atoms with E-state index in [1.54, 1.807) is 6.26 Å². The van der Waals surface area contributed by atoms with Crippen molar-refractivity contribution in [1.29, 1.82) is 0 Å². The number of benzene rings is 1. The molecule has 1 aromatic carbocycles. The summed E-state index contributed by atoms with van der Waals surface area (Å²) in [7, 11) is 0. The minimum absolute atomic E-state index is 0.704. The fraction of sp³-hybridized carbons (Fsp3) is 0.438. The van der Waals surface area contributed by atoms with Crippen molar-refractivity contribution in [2.24, 2.45) is 0 Å². The molecule has 4 heteroatoms. The summed E-state index contributed by atoms with van der Waals surface area (Å²) in [6.07, 6.45) is 3.94. The van der Waals surface area contributed by atoms with Crippen molar-refractivity contribution in [2.75, 3.05) is 6.61 Å². The number of hydrogen-bond donors (Lipinski definition) is 1. The third-order valence-corrected chi connectivity index (χ3v) is 2.99. The van der Waals surface area contributed by atoms with Crippen LogP contribution < -0.4 is 10.1 Å². The predicted octanol–water partition coefficient (Wildman–Crippen LogP) is 3.45. The van der Waals surface area contributed by atoms with Crippen molar-refractivity contribution in [1.82, 2.24) is 10.3 Å². The molecule has 0 fully saturated rings. The number of aromatic nitrogens is 1. The standard InChI is InChI=1S/C16H22N2O2/c1-3-4-9-19-16-7-5-14(6-8-16)10-17-11-15-12-20-13(2)18-15/h5-8,12,17H,3-4,9-11H2,1-2H3. The molecule has 1 N–H and O–H groups in total. The monoisotopic (exact) mass is 274 g/mol. The van der Waals surface area contributed by atoms with E-state index in [9.17, 15) is 0 Å². The molecule has 0 aliphatic carbocycles. The summed E-state index contributed by atoms with van der Waals surface area (Å²) in [4.78, 5) is 4.25. The molecule has 1 heterocycles. The molecule has 0 aliphatic rings. The van der Waals surface area contributed by atoms with E-state index in [4.69, 9.17) is 9.15 Å². The van der Waals surface area contributed by atoms with Gasteiger partial charge < -0.3 is 14.5 Å². The smallest absolute Gasteiger partial charge is 0.191 e. The molecule has 0 radical (unpaired) electrons. The number of unbranched alkanes of at least 4 members (excludes halogenated alkanes) is 1. The number of aryl methyl sites for hydroxylation is 1. The highest BCUT2D eigenvalue weighted by Crippen LogP contribution is 2.12. The van der Waals surface area contributed by atoms with Gasteiger partial charge in [0.1, 0.15) is 12.0 Å². The van der Waals surface area contributed by atoms with E-state index in [2.05, 4.69) is 29.4 Å². The first kappa shape index (κ1) is 14.6. The quantitative estimate of drug-likeness (QED) is 0.749. The molecular formula is C16H22N2O2. The third-order valence-electron chi connectivity index (χ3n) is 2.99. The number of rotatable bonds is 8. The van der Waals surface area contributed by atoms with Gasteiger partial charge in [0.15, 0.2) is 5.89 Å². The Hall–Kier alpha value is -1.81. The van der Waals surface area contributed by atoms with Gasteiger partial charge in [-0.25, -0.2) is 4.98 Å². The molecular weight excluding hydrogens is 252 g/mol. The van der Waals surface area contributed by atoms with Crippen molar-refractivity contribution >= 4 is 0 Å². The summed E-state index contributed by atoms with van der Waals surface area (Å²) >= 11 is 0. The largest absolute Gasteiger partial charge is 0.494 e. The Morgan fingerprint density at radius 3 is 2.65 bits per heavy atom. The topological polar surface area (TPSA) is 47.3 Å². The van der Waals surface area contributed by atoms with Crippen LogP contribution in [-0.2, 0) is 13.1 Å². The molecule has 2 aromatic rings. The van der Waals surface area contributed by atoms with Crippen LogP contribution in [0.2, 0.25) is 0 Å². The lowest BCUT2D eigenvalue weighted by atomic mass is 10.2. The molecule has 0 saturated carbocycles. The van der Waals surface area contributed by atoms with E-state index >= 15 is 0 Å². The second kappa shape index (κ2) is 7.70. The number of nitrogens with zero attached hydrogens (tertiary/aromatic N) is 1. The Morgan fingerprint density at radius 1 is 1.20 bits per heavy atom. The number of ether oxygens (including phenoxy) is 1. The molecule has 0 unspecified atom stereocenters. The Labute approximate surface area is 120 Å². The molecule has 0 saturated heterocycles. The Kier molecular flexibility index (Phi) is 5.62. The highest BCUT2D eigenvalue weighted by atomic mass is 16.5. The number of hydrogen-bond acceptors (Lipinski definition) is 4. The van der Waals surface area contributed by atoms with Gasteiger partial charge in [-0.3, -0.25) is 0 Å². The highest BCUT2D eigenvalue weighted by Gasteiger charge is 2.00. The van der Waals surface area contributed by atoms with Crippen molar-refractivity contribution in [3.8, 4) is 5.75 Å². The maximum atomic E-state index is 5.64. The summed E-state index contributed by atoms with van der Waals surface area (Å²) in [6, 6.07) is 8.21. The van der Waals surface area contributed by atoms with Crippen LogP contribution in [0.4, 0.5) is 0 Å². The Bertz CT molecular complexity index is 505. The third kappa shape index (κ3) is 4.70. The molecule has 2 rings (SSSR count). The first-order chi connectivity index (χ1) is 9.78. The van der Waals surface area contributed by atoms with E-state index in [1.165, 1.54) is 5.56 Å². The van der Waals surface area contributed by atoms with Crippen LogP contribution in [0.25, 0.3) is 0 Å². The minimum Gasteiger partial charge on any atom is -0.494 e. The predicted molar refractivity (Wildman–Crippen MR) is 78.6 cm³/mol. The van der Waals surface area contributed by atoms with Gasteiger partial charge in [-0.05, 0) is 24.1 Å². The number of nitrogens with one attached hydrogen (secondary N) is 1. The van der Waals surface area contributed by atoms with E-state index in [0.717, 1.165) is 37.4 Å². The van der Waals surface area contributed by atoms with Crippen LogP contribution in [0.1, 0.15) is 36.9 Å². The van der Waals surface area contributed by atoms with Gasteiger partial charge >= 0.3 is 0 Å². The van der Waals surface area contributed by atoms with Crippen molar-refractivity contribution in [2.45, 2.75) is 39.8 Å². The molecule has 0 spiro atoms. The van der Waals surface area contributed by atoms with Gasteiger partial charge in [0.05, 0.1) is 12.3 Å². The van der Waals surface area contributed by atoms with Crippen LogP contribution in [0, 0.1) is 6.92 Å². The SMILES string of the molecule is CCCCOc1ccc(CNCc2coc(C)n2)cc1. The summed E-state index contributed by atoms with van der Waals surface area (Å²) in [5, 5.41) is 3.34. The average molecular weight is 274 g/mol. The van der Waals surface area contributed by atoms with Gasteiger partial charge in [0.25, 0.3) is 0 Å². The molecule has 0 amide bonds. The van der Waals surface area contributed by atoms with Gasteiger partial charge in [-0.15, -0.1) is 0 Å². The molecule has 20 heavy (non-hydrogen) atoms. The average Bonchev–Trinajstić information content (AvgIpc) is 2.87. The maximum Gasteiger partial charge on any atom is 0.191 e. The van der Waals surface area contributed by atoms with Crippen molar-refractivity contribution < 1.29 is 9.15 Å². The molecule has 0 aliphatic heterocycles. The van der Waals surface area contributed by atoms with Gasteiger partial charge in [0, 0.05) is 20.0 Å². The fourth-order valence-electron chi connectivity index (χ4n) is 1.86. The van der Waals surface area contributed by atoms with Crippen LogP contribution in [0.15, 0.2) is 34.9 Å². The molecule has 0 atom stereocenters. The van der Waals surface area contributed by atoms with Crippen LogP contribution in [0.5, 0.6) is 5.75 Å². The van der Waals surface area contributed by atoms with Gasteiger partial charge in [-0.1, -0.05) is 25.5 Å². The van der Waals surface area contributed by atoms with Gasteiger partial charge in [0.2, 0.25) is 0 Å². The Balaban J connectivity index is 1.73. The van der Waals surface area contributed by atoms with Crippen LogP contribution in [-0.4, -0.2) is 11.6 Å². The van der Waals surface area contributed by atoms with E-state index in [1.807, 2.05) is 19.1 Å². The number of oxazole rings is 1. The van der Waals surface area contributed by atoms with Gasteiger partial charge in [-0.2, -0.15) is 0 Å².